The van der Waals surface area contributed by atoms with E-state index in [-0.39, 0.29) is 18.0 Å². The Morgan fingerprint density at radius 1 is 1.23 bits per heavy atom. The van der Waals surface area contributed by atoms with E-state index < -0.39 is 0 Å². The second kappa shape index (κ2) is 6.74. The van der Waals surface area contributed by atoms with Crippen molar-refractivity contribution < 1.29 is 4.79 Å². The van der Waals surface area contributed by atoms with Crippen LogP contribution in [0.15, 0.2) is 35.3 Å². The molecule has 2 aromatic heterocycles. The van der Waals surface area contributed by atoms with E-state index in [1.165, 1.54) is 17.4 Å². The Kier molecular flexibility index (Phi) is 4.28. The van der Waals surface area contributed by atoms with Crippen LogP contribution in [0.1, 0.15) is 30.2 Å². The molecular weight excluding hydrogens is 330 g/mol. The fourth-order valence-electron chi connectivity index (χ4n) is 3.41. The summed E-state index contributed by atoms with van der Waals surface area (Å²) in [5.74, 6) is 1.39. The number of fused-ring (bicyclic) bond motifs is 2. The molecule has 1 aromatic carbocycles. The minimum absolute atomic E-state index is 0.0456. The van der Waals surface area contributed by atoms with E-state index in [4.69, 9.17) is 0 Å². The molecule has 0 saturated carbocycles. The lowest BCUT2D eigenvalue weighted by Crippen LogP contribution is -2.33. The molecule has 1 aliphatic heterocycles. The van der Waals surface area contributed by atoms with Crippen molar-refractivity contribution in [3.8, 4) is 0 Å². The van der Waals surface area contributed by atoms with Crippen LogP contribution in [0, 0.1) is 6.92 Å². The number of amides is 1. The molecule has 0 saturated heterocycles. The number of nitrogens with one attached hydrogen (secondary N) is 1. The molecule has 0 spiro atoms. The Morgan fingerprint density at radius 3 is 2.92 bits per heavy atom. The number of aromatic nitrogens is 4. The summed E-state index contributed by atoms with van der Waals surface area (Å²) in [5, 5.41) is 3.38. The third kappa shape index (κ3) is 3.12. The molecular formula is C19H21N5O2. The van der Waals surface area contributed by atoms with Gasteiger partial charge < -0.3 is 9.88 Å². The fraction of sp³-hybridized carbons (Fsp3) is 0.368. The van der Waals surface area contributed by atoms with Crippen LogP contribution in [-0.2, 0) is 30.8 Å². The van der Waals surface area contributed by atoms with Crippen LogP contribution >= 0.6 is 0 Å². The third-order valence-electron chi connectivity index (χ3n) is 4.78. The Hall–Kier alpha value is -2.96. The first-order chi connectivity index (χ1) is 12.6. The van der Waals surface area contributed by atoms with Crippen LogP contribution in [0.25, 0.3) is 10.9 Å². The number of benzene rings is 1. The van der Waals surface area contributed by atoms with Gasteiger partial charge in [0.1, 0.15) is 18.2 Å². The van der Waals surface area contributed by atoms with E-state index in [9.17, 15) is 9.59 Å². The molecule has 1 amide bonds. The SMILES string of the molecule is Cc1nc2ccccc2c(=O)n1CC(=O)NCc1cn2c(n1)CCCC2. The Bertz CT molecular complexity index is 1010. The zero-order valence-corrected chi connectivity index (χ0v) is 14.7. The highest BCUT2D eigenvalue weighted by molar-refractivity contribution is 5.79. The van der Waals surface area contributed by atoms with E-state index in [1.807, 2.05) is 12.3 Å². The van der Waals surface area contributed by atoms with Gasteiger partial charge in [-0.05, 0) is 31.9 Å². The van der Waals surface area contributed by atoms with Crippen molar-refractivity contribution in [1.82, 2.24) is 24.4 Å². The van der Waals surface area contributed by atoms with Gasteiger partial charge in [0, 0.05) is 19.2 Å². The summed E-state index contributed by atoms with van der Waals surface area (Å²) in [4.78, 5) is 33.9. The van der Waals surface area contributed by atoms with Gasteiger partial charge in [-0.1, -0.05) is 12.1 Å². The van der Waals surface area contributed by atoms with E-state index >= 15 is 0 Å². The molecule has 0 unspecified atom stereocenters. The predicted octanol–water partition coefficient (Wildman–Crippen LogP) is 1.55. The molecule has 3 aromatic rings. The summed E-state index contributed by atoms with van der Waals surface area (Å²) in [7, 11) is 0. The summed E-state index contributed by atoms with van der Waals surface area (Å²) >= 11 is 0. The van der Waals surface area contributed by atoms with Gasteiger partial charge in [0.25, 0.3) is 5.56 Å². The first-order valence-electron chi connectivity index (χ1n) is 8.89. The normalized spacial score (nSPS) is 13.6. The van der Waals surface area contributed by atoms with Crippen molar-refractivity contribution in [3.05, 3.63) is 58.2 Å². The molecule has 0 aliphatic carbocycles. The number of carbonyl (C=O) groups excluding carboxylic acids is 1. The molecule has 4 rings (SSSR count). The first-order valence-corrected chi connectivity index (χ1v) is 8.89. The van der Waals surface area contributed by atoms with Crippen molar-refractivity contribution in [3.63, 3.8) is 0 Å². The average Bonchev–Trinajstić information content (AvgIpc) is 3.06. The molecule has 0 bridgehead atoms. The molecule has 3 heterocycles. The first kappa shape index (κ1) is 16.5. The second-order valence-electron chi connectivity index (χ2n) is 6.64. The lowest BCUT2D eigenvalue weighted by atomic mass is 10.2. The van der Waals surface area contributed by atoms with Crippen LogP contribution in [0.4, 0.5) is 0 Å². The highest BCUT2D eigenvalue weighted by Gasteiger charge is 2.14. The molecule has 0 fully saturated rings. The minimum atomic E-state index is -0.224. The molecule has 7 heteroatoms. The number of rotatable bonds is 4. The number of hydrogen-bond donors (Lipinski definition) is 1. The average molecular weight is 351 g/mol. The van der Waals surface area contributed by atoms with Crippen LogP contribution in [-0.4, -0.2) is 25.0 Å². The molecule has 134 valence electrons. The monoisotopic (exact) mass is 351 g/mol. The van der Waals surface area contributed by atoms with Gasteiger partial charge in [-0.25, -0.2) is 9.97 Å². The maximum absolute atomic E-state index is 12.6. The lowest BCUT2D eigenvalue weighted by molar-refractivity contribution is -0.121. The zero-order chi connectivity index (χ0) is 18.1. The van der Waals surface area contributed by atoms with Gasteiger partial charge in [-0.3, -0.25) is 14.2 Å². The van der Waals surface area contributed by atoms with Crippen molar-refractivity contribution in [1.29, 1.82) is 0 Å². The Labute approximate surface area is 150 Å². The summed E-state index contributed by atoms with van der Waals surface area (Å²) < 4.78 is 3.57. The Balaban J connectivity index is 1.47. The molecule has 0 atom stereocenters. The summed E-state index contributed by atoms with van der Waals surface area (Å²) in [6.07, 6.45) is 5.33. The van der Waals surface area contributed by atoms with Crippen LogP contribution in [0.5, 0.6) is 0 Å². The fourth-order valence-corrected chi connectivity index (χ4v) is 3.41. The van der Waals surface area contributed by atoms with Crippen molar-refractivity contribution in [2.24, 2.45) is 0 Å². The molecule has 1 aliphatic rings. The van der Waals surface area contributed by atoms with Gasteiger partial charge in [0.15, 0.2) is 0 Å². The largest absolute Gasteiger partial charge is 0.349 e. The standard InChI is InChI=1S/C19H21N5O2/c1-13-21-16-7-3-2-6-15(16)19(26)24(13)12-18(25)20-10-14-11-23-9-5-4-8-17(23)22-14/h2-3,6-7,11H,4-5,8-10,12H2,1H3,(H,20,25). The summed E-state index contributed by atoms with van der Waals surface area (Å²) in [6, 6.07) is 7.17. The summed E-state index contributed by atoms with van der Waals surface area (Å²) in [5.41, 5.74) is 1.31. The number of nitrogens with zero attached hydrogens (tertiary/aromatic N) is 4. The molecule has 26 heavy (non-hydrogen) atoms. The van der Waals surface area contributed by atoms with Crippen LogP contribution in [0.2, 0.25) is 0 Å². The van der Waals surface area contributed by atoms with Crippen molar-refractivity contribution in [2.45, 2.75) is 45.8 Å². The van der Waals surface area contributed by atoms with E-state index in [2.05, 4.69) is 19.9 Å². The highest BCUT2D eigenvalue weighted by Crippen LogP contribution is 2.14. The number of para-hydroxylation sites is 1. The van der Waals surface area contributed by atoms with Crippen LogP contribution < -0.4 is 10.9 Å². The molecule has 7 nitrogen and oxygen atoms in total. The maximum atomic E-state index is 12.6. The van der Waals surface area contributed by atoms with Crippen LogP contribution in [0.3, 0.4) is 0 Å². The highest BCUT2D eigenvalue weighted by atomic mass is 16.2. The quantitative estimate of drug-likeness (QED) is 0.773. The second-order valence-corrected chi connectivity index (χ2v) is 6.64. The number of hydrogen-bond acceptors (Lipinski definition) is 4. The molecule has 1 N–H and O–H groups in total. The van der Waals surface area contributed by atoms with Gasteiger partial charge in [-0.2, -0.15) is 0 Å². The lowest BCUT2D eigenvalue weighted by Gasteiger charge is -2.11. The predicted molar refractivity (Wildman–Crippen MR) is 97.8 cm³/mol. The number of aryl methyl sites for hydroxylation is 3. The Morgan fingerprint density at radius 2 is 2.08 bits per heavy atom. The smallest absolute Gasteiger partial charge is 0.261 e. The topological polar surface area (TPSA) is 81.8 Å². The van der Waals surface area contributed by atoms with Gasteiger partial charge in [0.05, 0.1) is 23.1 Å². The van der Waals surface area contributed by atoms with E-state index in [1.54, 1.807) is 25.1 Å². The summed E-state index contributed by atoms with van der Waals surface area (Å²) in [6.45, 7) is 3.06. The third-order valence-corrected chi connectivity index (χ3v) is 4.78. The zero-order valence-electron chi connectivity index (χ0n) is 14.7. The molecule has 0 radical (unpaired) electrons. The minimum Gasteiger partial charge on any atom is -0.349 e. The van der Waals surface area contributed by atoms with Crippen molar-refractivity contribution >= 4 is 16.8 Å². The van der Waals surface area contributed by atoms with E-state index in [0.29, 0.717) is 23.3 Å². The maximum Gasteiger partial charge on any atom is 0.261 e. The van der Waals surface area contributed by atoms with Gasteiger partial charge >= 0.3 is 0 Å². The van der Waals surface area contributed by atoms with Gasteiger partial charge in [0.2, 0.25) is 5.91 Å². The number of carbonyl (C=O) groups is 1. The van der Waals surface area contributed by atoms with Crippen molar-refractivity contribution in [2.75, 3.05) is 0 Å². The number of imidazole rings is 1. The van der Waals surface area contributed by atoms with E-state index in [0.717, 1.165) is 24.5 Å². The van der Waals surface area contributed by atoms with Gasteiger partial charge in [-0.15, -0.1) is 0 Å².